The van der Waals surface area contributed by atoms with E-state index >= 15 is 0 Å². The Hall–Kier alpha value is -0.550. The van der Waals surface area contributed by atoms with E-state index in [1.807, 2.05) is 6.07 Å². The first-order valence-corrected chi connectivity index (χ1v) is 5.54. The topological polar surface area (TPSA) is 54.3 Å². The van der Waals surface area contributed by atoms with Gasteiger partial charge in [-0.15, -0.1) is 0 Å². The summed E-state index contributed by atoms with van der Waals surface area (Å²) in [5, 5.41) is 0.710. The van der Waals surface area contributed by atoms with E-state index in [2.05, 4.69) is 9.88 Å². The molecule has 3 N–H and O–H groups in total. The predicted molar refractivity (Wildman–Crippen MR) is 59.8 cm³/mol. The number of nitrogens with one attached hydrogen (secondary N) is 1. The lowest BCUT2D eigenvalue weighted by atomic mass is 10.2. The van der Waals surface area contributed by atoms with Crippen LogP contribution in [0.5, 0.6) is 0 Å². The van der Waals surface area contributed by atoms with Crippen molar-refractivity contribution in [3.8, 4) is 0 Å². The number of aromatic nitrogens is 1. The van der Waals surface area contributed by atoms with Crippen LogP contribution in [0.3, 0.4) is 0 Å². The standard InChI is InChI=1S/C10H16ClN3O/c11-10-8(5-9(6-12)13-10)7-14-1-3-15-4-2-14/h5,13H,1-4,6-7,12H2. The lowest BCUT2D eigenvalue weighted by molar-refractivity contribution is 0.0342. The molecular weight excluding hydrogens is 214 g/mol. The number of rotatable bonds is 3. The number of hydrogen-bond acceptors (Lipinski definition) is 3. The maximum atomic E-state index is 6.07. The average molecular weight is 230 g/mol. The molecule has 2 rings (SSSR count). The van der Waals surface area contributed by atoms with Gasteiger partial charge in [-0.3, -0.25) is 4.90 Å². The summed E-state index contributed by atoms with van der Waals surface area (Å²) in [6.45, 7) is 4.94. The molecule has 1 aromatic heterocycles. The average Bonchev–Trinajstić information content (AvgIpc) is 2.61. The van der Waals surface area contributed by atoms with E-state index in [4.69, 9.17) is 22.1 Å². The maximum Gasteiger partial charge on any atom is 0.111 e. The second-order valence-electron chi connectivity index (χ2n) is 3.73. The summed E-state index contributed by atoms with van der Waals surface area (Å²) in [7, 11) is 0. The zero-order chi connectivity index (χ0) is 10.7. The highest BCUT2D eigenvalue weighted by atomic mass is 35.5. The number of nitrogens with two attached hydrogens (primary N) is 1. The number of H-pyrrole nitrogens is 1. The second-order valence-corrected chi connectivity index (χ2v) is 4.10. The highest BCUT2D eigenvalue weighted by Crippen LogP contribution is 2.18. The zero-order valence-electron chi connectivity index (χ0n) is 8.63. The first-order chi connectivity index (χ1) is 7.29. The van der Waals surface area contributed by atoms with Crippen molar-refractivity contribution in [3.05, 3.63) is 22.5 Å². The minimum atomic E-state index is 0.503. The molecular formula is C10H16ClN3O. The van der Waals surface area contributed by atoms with Gasteiger partial charge in [-0.25, -0.2) is 0 Å². The Bertz CT molecular complexity index is 320. The Labute approximate surface area is 94.3 Å². The van der Waals surface area contributed by atoms with Gasteiger partial charge in [0.15, 0.2) is 0 Å². The van der Waals surface area contributed by atoms with Gasteiger partial charge >= 0.3 is 0 Å². The summed E-state index contributed by atoms with van der Waals surface area (Å²) in [5.74, 6) is 0. The number of hydrogen-bond donors (Lipinski definition) is 2. The smallest absolute Gasteiger partial charge is 0.111 e. The van der Waals surface area contributed by atoms with E-state index in [0.717, 1.165) is 44.1 Å². The van der Waals surface area contributed by atoms with Gasteiger partial charge in [0.25, 0.3) is 0 Å². The fourth-order valence-corrected chi connectivity index (χ4v) is 1.99. The Balaban J connectivity index is 1.99. The largest absolute Gasteiger partial charge is 0.379 e. The Morgan fingerprint density at radius 2 is 2.20 bits per heavy atom. The molecule has 1 saturated heterocycles. The highest BCUT2D eigenvalue weighted by molar-refractivity contribution is 6.30. The van der Waals surface area contributed by atoms with E-state index in [0.29, 0.717) is 11.7 Å². The van der Waals surface area contributed by atoms with Crippen molar-refractivity contribution >= 4 is 11.6 Å². The monoisotopic (exact) mass is 229 g/mol. The molecule has 5 heteroatoms. The van der Waals surface area contributed by atoms with Crippen LogP contribution < -0.4 is 5.73 Å². The summed E-state index contributed by atoms with van der Waals surface area (Å²) in [5.41, 5.74) is 7.65. The molecule has 0 saturated carbocycles. The van der Waals surface area contributed by atoms with Gasteiger partial charge in [-0.1, -0.05) is 11.6 Å². The molecule has 0 unspecified atom stereocenters. The van der Waals surface area contributed by atoms with Gasteiger partial charge in [0.1, 0.15) is 5.15 Å². The molecule has 1 fully saturated rings. The third-order valence-corrected chi connectivity index (χ3v) is 2.96. The molecule has 0 aromatic carbocycles. The van der Waals surface area contributed by atoms with E-state index in [1.54, 1.807) is 0 Å². The van der Waals surface area contributed by atoms with Crippen molar-refractivity contribution in [1.82, 2.24) is 9.88 Å². The fourth-order valence-electron chi connectivity index (χ4n) is 1.76. The maximum absolute atomic E-state index is 6.07. The minimum Gasteiger partial charge on any atom is -0.379 e. The van der Waals surface area contributed by atoms with Crippen LogP contribution in [0.4, 0.5) is 0 Å². The van der Waals surface area contributed by atoms with E-state index in [-0.39, 0.29) is 0 Å². The number of nitrogens with zero attached hydrogens (tertiary/aromatic N) is 1. The first-order valence-electron chi connectivity index (χ1n) is 5.16. The molecule has 0 radical (unpaired) electrons. The molecule has 0 atom stereocenters. The van der Waals surface area contributed by atoms with Crippen LogP contribution in [0.15, 0.2) is 6.07 Å². The number of halogens is 1. The molecule has 1 aliphatic heterocycles. The van der Waals surface area contributed by atoms with Crippen LogP contribution in [-0.2, 0) is 17.8 Å². The Kier molecular flexibility index (Phi) is 3.64. The number of morpholine rings is 1. The van der Waals surface area contributed by atoms with Crippen LogP contribution in [0.1, 0.15) is 11.3 Å². The van der Waals surface area contributed by atoms with Crippen molar-refractivity contribution in [2.24, 2.45) is 5.73 Å². The third-order valence-electron chi connectivity index (χ3n) is 2.62. The van der Waals surface area contributed by atoms with E-state index < -0.39 is 0 Å². The third kappa shape index (κ3) is 2.72. The zero-order valence-corrected chi connectivity index (χ0v) is 9.39. The van der Waals surface area contributed by atoms with Gasteiger partial charge in [0, 0.05) is 37.4 Å². The minimum absolute atomic E-state index is 0.503. The molecule has 4 nitrogen and oxygen atoms in total. The van der Waals surface area contributed by atoms with Crippen LogP contribution in [-0.4, -0.2) is 36.2 Å². The summed E-state index contributed by atoms with van der Waals surface area (Å²) < 4.78 is 5.29. The van der Waals surface area contributed by atoms with Gasteiger partial charge in [-0.05, 0) is 6.07 Å². The number of aromatic amines is 1. The molecule has 0 spiro atoms. The van der Waals surface area contributed by atoms with Crippen molar-refractivity contribution in [3.63, 3.8) is 0 Å². The highest BCUT2D eigenvalue weighted by Gasteiger charge is 2.13. The van der Waals surface area contributed by atoms with Gasteiger partial charge in [0.05, 0.1) is 13.2 Å². The molecule has 84 valence electrons. The Morgan fingerprint density at radius 1 is 1.47 bits per heavy atom. The summed E-state index contributed by atoms with van der Waals surface area (Å²) in [4.78, 5) is 5.40. The van der Waals surface area contributed by atoms with Crippen LogP contribution in [0.25, 0.3) is 0 Å². The van der Waals surface area contributed by atoms with E-state index in [1.165, 1.54) is 0 Å². The van der Waals surface area contributed by atoms with Crippen molar-refractivity contribution in [1.29, 1.82) is 0 Å². The Morgan fingerprint density at radius 3 is 2.80 bits per heavy atom. The molecule has 0 bridgehead atoms. The summed E-state index contributed by atoms with van der Waals surface area (Å²) in [6.07, 6.45) is 0. The second kappa shape index (κ2) is 4.99. The van der Waals surface area contributed by atoms with E-state index in [9.17, 15) is 0 Å². The van der Waals surface area contributed by atoms with Crippen LogP contribution in [0, 0.1) is 0 Å². The first kappa shape index (κ1) is 11.0. The van der Waals surface area contributed by atoms with Crippen molar-refractivity contribution < 1.29 is 4.74 Å². The van der Waals surface area contributed by atoms with Gasteiger partial charge in [0.2, 0.25) is 0 Å². The van der Waals surface area contributed by atoms with Crippen molar-refractivity contribution in [2.45, 2.75) is 13.1 Å². The molecule has 0 amide bonds. The van der Waals surface area contributed by atoms with Crippen LogP contribution in [0.2, 0.25) is 5.15 Å². The number of ether oxygens (including phenoxy) is 1. The molecule has 0 aliphatic carbocycles. The predicted octanol–water partition coefficient (Wildman–Crippen LogP) is 0.959. The quantitative estimate of drug-likeness (QED) is 0.812. The molecule has 2 heterocycles. The van der Waals surface area contributed by atoms with Crippen LogP contribution >= 0.6 is 11.6 Å². The molecule has 1 aliphatic rings. The van der Waals surface area contributed by atoms with Gasteiger partial charge in [-0.2, -0.15) is 0 Å². The molecule has 1 aromatic rings. The SMILES string of the molecule is NCc1cc(CN2CCOCC2)c(Cl)[nH]1. The lowest BCUT2D eigenvalue weighted by Crippen LogP contribution is -2.35. The lowest BCUT2D eigenvalue weighted by Gasteiger charge is -2.26. The summed E-state index contributed by atoms with van der Waals surface area (Å²) >= 11 is 6.07. The van der Waals surface area contributed by atoms with Gasteiger partial charge < -0.3 is 15.5 Å². The molecule has 15 heavy (non-hydrogen) atoms. The summed E-state index contributed by atoms with van der Waals surface area (Å²) in [6, 6.07) is 2.04. The fraction of sp³-hybridized carbons (Fsp3) is 0.600. The normalized spacial score (nSPS) is 18.3. The van der Waals surface area contributed by atoms with Crippen molar-refractivity contribution in [2.75, 3.05) is 26.3 Å².